The molecule has 21 heavy (non-hydrogen) atoms. The van der Waals surface area contributed by atoms with Gasteiger partial charge in [-0.1, -0.05) is 36.5 Å². The maximum Gasteiger partial charge on any atom is -0.0228 e. The van der Waals surface area contributed by atoms with Gasteiger partial charge in [0.2, 0.25) is 0 Å². The Labute approximate surface area is 131 Å². The number of hydrogen-bond acceptors (Lipinski definition) is 0. The minimum Gasteiger partial charge on any atom is -0.103 e. The van der Waals surface area contributed by atoms with E-state index in [2.05, 4.69) is 49.6 Å². The molecule has 2 rings (SSSR count). The van der Waals surface area contributed by atoms with Gasteiger partial charge in [-0.15, -0.1) is 13.2 Å². The van der Waals surface area contributed by atoms with E-state index in [1.165, 1.54) is 57.8 Å². The fourth-order valence-electron chi connectivity index (χ4n) is 3.81. The standard InChI is InChI=1S/C21H32/c1-3-18-12-14-20(16-18)10-8-6-5-7-9-11-21-15-13-19(4-2)17-21/h3-4,8-11,18-21H,1-2,5-7,12-17H2/b10-8-,11-9-. The highest BCUT2D eigenvalue weighted by Crippen LogP contribution is 2.33. The lowest BCUT2D eigenvalue weighted by Crippen LogP contribution is -1.90. The van der Waals surface area contributed by atoms with Crippen LogP contribution in [0.1, 0.15) is 57.8 Å². The zero-order chi connectivity index (χ0) is 14.9. The van der Waals surface area contributed by atoms with Gasteiger partial charge in [0.05, 0.1) is 0 Å². The van der Waals surface area contributed by atoms with Crippen LogP contribution in [0.3, 0.4) is 0 Å². The Balaban J connectivity index is 1.52. The Bertz CT molecular complexity index is 337. The minimum absolute atomic E-state index is 0.772. The topological polar surface area (TPSA) is 0 Å². The highest BCUT2D eigenvalue weighted by atomic mass is 14.3. The van der Waals surface area contributed by atoms with Crippen molar-refractivity contribution in [2.24, 2.45) is 23.7 Å². The fourth-order valence-corrected chi connectivity index (χ4v) is 3.81. The van der Waals surface area contributed by atoms with Crippen molar-refractivity contribution in [3.63, 3.8) is 0 Å². The zero-order valence-corrected chi connectivity index (χ0v) is 13.6. The second kappa shape index (κ2) is 9.07. The molecule has 0 aromatic heterocycles. The molecular formula is C21H32. The van der Waals surface area contributed by atoms with Crippen LogP contribution in [-0.2, 0) is 0 Å². The van der Waals surface area contributed by atoms with Crippen LogP contribution in [0.2, 0.25) is 0 Å². The lowest BCUT2D eigenvalue weighted by molar-refractivity contribution is 0.635. The summed E-state index contributed by atoms with van der Waals surface area (Å²) in [4.78, 5) is 0. The first-order valence-corrected chi connectivity index (χ1v) is 8.90. The molecule has 0 heterocycles. The molecule has 2 fully saturated rings. The van der Waals surface area contributed by atoms with E-state index in [4.69, 9.17) is 0 Å². The molecule has 116 valence electrons. The van der Waals surface area contributed by atoms with E-state index in [1.807, 2.05) is 0 Å². The van der Waals surface area contributed by atoms with E-state index in [0.717, 1.165) is 23.7 Å². The molecule has 0 N–H and O–H groups in total. The summed E-state index contributed by atoms with van der Waals surface area (Å²) in [5, 5.41) is 0. The van der Waals surface area contributed by atoms with Gasteiger partial charge in [0, 0.05) is 0 Å². The van der Waals surface area contributed by atoms with Crippen molar-refractivity contribution in [2.75, 3.05) is 0 Å². The molecule has 0 aliphatic heterocycles. The Hall–Kier alpha value is -1.04. The molecule has 0 aromatic carbocycles. The highest BCUT2D eigenvalue weighted by molar-refractivity contribution is 4.98. The largest absolute Gasteiger partial charge is 0.103 e. The van der Waals surface area contributed by atoms with Crippen molar-refractivity contribution < 1.29 is 0 Å². The highest BCUT2D eigenvalue weighted by Gasteiger charge is 2.20. The van der Waals surface area contributed by atoms with Crippen LogP contribution < -0.4 is 0 Å². The van der Waals surface area contributed by atoms with Gasteiger partial charge in [-0.05, 0) is 81.5 Å². The smallest absolute Gasteiger partial charge is 0.0228 e. The summed E-state index contributed by atoms with van der Waals surface area (Å²) in [6.07, 6.45) is 25.8. The van der Waals surface area contributed by atoms with Gasteiger partial charge >= 0.3 is 0 Å². The predicted octanol–water partition coefficient (Wildman–Crippen LogP) is 6.47. The lowest BCUT2D eigenvalue weighted by atomic mass is 10.0. The summed E-state index contributed by atoms with van der Waals surface area (Å²) >= 11 is 0. The summed E-state index contributed by atoms with van der Waals surface area (Å²) in [6, 6.07) is 0. The molecule has 0 nitrogen and oxygen atoms in total. The number of allylic oxidation sites excluding steroid dienone is 6. The number of hydrogen-bond donors (Lipinski definition) is 0. The van der Waals surface area contributed by atoms with Crippen LogP contribution in [0.25, 0.3) is 0 Å². The molecule has 2 aliphatic rings. The zero-order valence-electron chi connectivity index (χ0n) is 13.6. The molecular weight excluding hydrogens is 252 g/mol. The first-order valence-electron chi connectivity index (χ1n) is 8.90. The summed E-state index contributed by atoms with van der Waals surface area (Å²) < 4.78 is 0. The van der Waals surface area contributed by atoms with Gasteiger partial charge in [0.25, 0.3) is 0 Å². The summed E-state index contributed by atoms with van der Waals surface area (Å²) in [5.74, 6) is 3.18. The van der Waals surface area contributed by atoms with Crippen LogP contribution in [0.4, 0.5) is 0 Å². The van der Waals surface area contributed by atoms with Crippen molar-refractivity contribution in [1.29, 1.82) is 0 Å². The molecule has 4 unspecified atom stereocenters. The Morgan fingerprint density at radius 2 is 1.10 bits per heavy atom. The van der Waals surface area contributed by atoms with Crippen LogP contribution in [0, 0.1) is 23.7 Å². The first kappa shape index (κ1) is 16.3. The summed E-state index contributed by atoms with van der Waals surface area (Å²) in [6.45, 7) is 7.83. The monoisotopic (exact) mass is 284 g/mol. The average molecular weight is 284 g/mol. The Kier molecular flexibility index (Phi) is 7.06. The van der Waals surface area contributed by atoms with Crippen LogP contribution in [0.5, 0.6) is 0 Å². The Morgan fingerprint density at radius 1 is 0.667 bits per heavy atom. The molecule has 0 saturated heterocycles. The van der Waals surface area contributed by atoms with E-state index in [9.17, 15) is 0 Å². The van der Waals surface area contributed by atoms with E-state index < -0.39 is 0 Å². The van der Waals surface area contributed by atoms with Gasteiger partial charge in [-0.2, -0.15) is 0 Å². The molecule has 0 spiro atoms. The van der Waals surface area contributed by atoms with E-state index >= 15 is 0 Å². The molecule has 0 bridgehead atoms. The molecule has 0 radical (unpaired) electrons. The SMILES string of the molecule is C=CC1CCC(/C=C\CCC/C=C\C2CCC(C=C)C2)C1. The third kappa shape index (κ3) is 5.69. The van der Waals surface area contributed by atoms with Gasteiger partial charge in [0.1, 0.15) is 0 Å². The molecule has 0 amide bonds. The fraction of sp³-hybridized carbons (Fsp3) is 0.619. The van der Waals surface area contributed by atoms with Gasteiger partial charge in [-0.3, -0.25) is 0 Å². The van der Waals surface area contributed by atoms with Gasteiger partial charge in [-0.25, -0.2) is 0 Å². The maximum atomic E-state index is 3.91. The van der Waals surface area contributed by atoms with E-state index in [0.29, 0.717) is 0 Å². The second-order valence-corrected chi connectivity index (χ2v) is 6.93. The first-order chi connectivity index (χ1) is 10.3. The molecule has 4 atom stereocenters. The van der Waals surface area contributed by atoms with Gasteiger partial charge in [0.15, 0.2) is 0 Å². The van der Waals surface area contributed by atoms with E-state index in [-0.39, 0.29) is 0 Å². The maximum absolute atomic E-state index is 3.91. The van der Waals surface area contributed by atoms with Crippen LogP contribution in [-0.4, -0.2) is 0 Å². The molecule has 0 heteroatoms. The van der Waals surface area contributed by atoms with Crippen molar-refractivity contribution in [3.8, 4) is 0 Å². The normalized spacial score (nSPS) is 33.1. The molecule has 0 aromatic rings. The third-order valence-corrected chi connectivity index (χ3v) is 5.25. The lowest BCUT2D eigenvalue weighted by Gasteiger charge is -2.03. The van der Waals surface area contributed by atoms with Crippen molar-refractivity contribution in [1.82, 2.24) is 0 Å². The third-order valence-electron chi connectivity index (χ3n) is 5.25. The molecule has 2 saturated carbocycles. The number of unbranched alkanes of at least 4 members (excludes halogenated alkanes) is 2. The Morgan fingerprint density at radius 3 is 1.48 bits per heavy atom. The van der Waals surface area contributed by atoms with Crippen LogP contribution in [0.15, 0.2) is 49.6 Å². The minimum atomic E-state index is 0.772. The van der Waals surface area contributed by atoms with Crippen molar-refractivity contribution in [2.45, 2.75) is 57.8 Å². The quantitative estimate of drug-likeness (QED) is 0.354. The average Bonchev–Trinajstić information content (AvgIpc) is 3.15. The van der Waals surface area contributed by atoms with Crippen LogP contribution >= 0.6 is 0 Å². The van der Waals surface area contributed by atoms with Crippen molar-refractivity contribution in [3.05, 3.63) is 49.6 Å². The molecule has 2 aliphatic carbocycles. The van der Waals surface area contributed by atoms with Crippen molar-refractivity contribution >= 4 is 0 Å². The van der Waals surface area contributed by atoms with E-state index in [1.54, 1.807) is 0 Å². The predicted molar refractivity (Wildman–Crippen MR) is 94.2 cm³/mol. The summed E-state index contributed by atoms with van der Waals surface area (Å²) in [7, 11) is 0. The van der Waals surface area contributed by atoms with Gasteiger partial charge < -0.3 is 0 Å². The second-order valence-electron chi connectivity index (χ2n) is 6.93. The summed E-state index contributed by atoms with van der Waals surface area (Å²) in [5.41, 5.74) is 0. The number of rotatable bonds is 8.